The quantitative estimate of drug-likeness (QED) is 0.911. The zero-order chi connectivity index (χ0) is 13.8. The highest BCUT2D eigenvalue weighted by Gasteiger charge is 2.28. The molecule has 114 valence electrons. The van der Waals surface area contributed by atoms with Crippen LogP contribution in [0, 0.1) is 5.92 Å². The molecule has 0 aliphatic heterocycles. The summed E-state index contributed by atoms with van der Waals surface area (Å²) in [5, 5.41) is 0. The third-order valence-electron chi connectivity index (χ3n) is 3.73. The molecular weight excluding hydrogens is 315 g/mol. The van der Waals surface area contributed by atoms with Gasteiger partial charge in [-0.05, 0) is 38.3 Å². The van der Waals surface area contributed by atoms with Crippen molar-refractivity contribution >= 4 is 41.3 Å². The Morgan fingerprint density at radius 2 is 2.25 bits per heavy atom. The van der Waals surface area contributed by atoms with E-state index in [2.05, 4.69) is 0 Å². The van der Waals surface area contributed by atoms with Crippen LogP contribution in [-0.2, 0) is 11.3 Å². The lowest BCUT2D eigenvalue weighted by atomic mass is 9.85. The zero-order valence-electron chi connectivity index (χ0n) is 11.7. The van der Waals surface area contributed by atoms with Crippen LogP contribution in [0.1, 0.15) is 37.5 Å². The monoisotopic (exact) mass is 336 g/mol. The van der Waals surface area contributed by atoms with Gasteiger partial charge in [-0.1, -0.05) is 18.0 Å². The van der Waals surface area contributed by atoms with Gasteiger partial charge in [0.15, 0.2) is 0 Å². The van der Waals surface area contributed by atoms with Crippen LogP contribution in [0.3, 0.4) is 0 Å². The van der Waals surface area contributed by atoms with Crippen molar-refractivity contribution < 1.29 is 4.79 Å². The molecule has 1 aromatic heterocycles. The first-order valence-corrected chi connectivity index (χ1v) is 8.08. The van der Waals surface area contributed by atoms with Crippen molar-refractivity contribution in [3.8, 4) is 0 Å². The van der Waals surface area contributed by atoms with Crippen LogP contribution in [0.15, 0.2) is 12.1 Å². The molecule has 2 atom stereocenters. The second-order valence-electron chi connectivity index (χ2n) is 5.18. The lowest BCUT2D eigenvalue weighted by molar-refractivity contribution is -0.137. The third kappa shape index (κ3) is 4.62. The van der Waals surface area contributed by atoms with Crippen LogP contribution in [0.25, 0.3) is 0 Å². The Labute approximate surface area is 135 Å². The molecule has 2 unspecified atom stereocenters. The van der Waals surface area contributed by atoms with E-state index in [4.69, 9.17) is 17.3 Å². The summed E-state index contributed by atoms with van der Waals surface area (Å²) in [5.41, 5.74) is 5.97. The fourth-order valence-corrected chi connectivity index (χ4v) is 3.78. The average Bonchev–Trinajstić information content (AvgIpc) is 2.81. The number of amides is 1. The zero-order valence-corrected chi connectivity index (χ0v) is 14.1. The van der Waals surface area contributed by atoms with Gasteiger partial charge in [0, 0.05) is 23.4 Å². The fraction of sp³-hybridized carbons (Fsp3) is 0.643. The maximum Gasteiger partial charge on any atom is 0.226 e. The Balaban J connectivity index is 0.00000200. The van der Waals surface area contributed by atoms with Gasteiger partial charge < -0.3 is 10.6 Å². The average molecular weight is 337 g/mol. The first-order valence-electron chi connectivity index (χ1n) is 6.88. The van der Waals surface area contributed by atoms with Crippen molar-refractivity contribution in [2.75, 3.05) is 6.54 Å². The predicted molar refractivity (Wildman–Crippen MR) is 87.6 cm³/mol. The second kappa shape index (κ2) is 8.23. The van der Waals surface area contributed by atoms with E-state index in [1.807, 2.05) is 24.0 Å². The van der Waals surface area contributed by atoms with Gasteiger partial charge in [-0.15, -0.1) is 23.7 Å². The smallest absolute Gasteiger partial charge is 0.226 e. The number of carbonyl (C=O) groups is 1. The highest BCUT2D eigenvalue weighted by Crippen LogP contribution is 2.27. The molecule has 0 spiro atoms. The Morgan fingerprint density at radius 1 is 1.50 bits per heavy atom. The molecule has 1 aromatic rings. The van der Waals surface area contributed by atoms with E-state index in [1.54, 1.807) is 11.3 Å². The Kier molecular flexibility index (Phi) is 7.30. The predicted octanol–water partition coefficient (Wildman–Crippen LogP) is 3.69. The molecule has 1 aliphatic rings. The number of carbonyl (C=O) groups excluding carboxylic acids is 1. The summed E-state index contributed by atoms with van der Waals surface area (Å²) in [6, 6.07) is 4.07. The summed E-state index contributed by atoms with van der Waals surface area (Å²) in [4.78, 5) is 15.6. The number of halogens is 2. The first-order chi connectivity index (χ1) is 9.10. The molecule has 0 radical (unpaired) electrons. The van der Waals surface area contributed by atoms with Crippen molar-refractivity contribution in [2.45, 2.75) is 45.2 Å². The Hall–Kier alpha value is -0.290. The first kappa shape index (κ1) is 17.8. The van der Waals surface area contributed by atoms with Gasteiger partial charge in [0.1, 0.15) is 0 Å². The van der Waals surface area contributed by atoms with Crippen molar-refractivity contribution in [1.82, 2.24) is 4.90 Å². The van der Waals surface area contributed by atoms with Crippen molar-refractivity contribution in [3.05, 3.63) is 21.3 Å². The topological polar surface area (TPSA) is 46.3 Å². The Bertz CT molecular complexity index is 439. The van der Waals surface area contributed by atoms with Gasteiger partial charge in [-0.2, -0.15) is 0 Å². The number of hydrogen-bond acceptors (Lipinski definition) is 3. The minimum atomic E-state index is 0. The number of hydrogen-bond donors (Lipinski definition) is 1. The van der Waals surface area contributed by atoms with Gasteiger partial charge in [0.25, 0.3) is 0 Å². The van der Waals surface area contributed by atoms with Gasteiger partial charge in [-0.3, -0.25) is 4.79 Å². The van der Waals surface area contributed by atoms with Gasteiger partial charge in [0.05, 0.1) is 10.9 Å². The molecule has 6 heteroatoms. The molecule has 1 aliphatic carbocycles. The number of nitrogens with zero attached hydrogens (tertiary/aromatic N) is 1. The van der Waals surface area contributed by atoms with E-state index in [9.17, 15) is 4.79 Å². The largest absolute Gasteiger partial charge is 0.338 e. The highest BCUT2D eigenvalue weighted by molar-refractivity contribution is 7.16. The van der Waals surface area contributed by atoms with Crippen LogP contribution in [0.2, 0.25) is 4.34 Å². The standard InChI is InChI=1S/C14H21ClN2OS.ClH/c1-2-17(9-12-6-7-13(15)19-12)14(18)10-4-3-5-11(16)8-10;/h6-7,10-11H,2-5,8-9,16H2,1H3;1H. The van der Waals surface area contributed by atoms with E-state index in [0.717, 1.165) is 41.4 Å². The van der Waals surface area contributed by atoms with E-state index >= 15 is 0 Å². The van der Waals surface area contributed by atoms with Gasteiger partial charge in [0.2, 0.25) is 5.91 Å². The summed E-state index contributed by atoms with van der Waals surface area (Å²) >= 11 is 7.48. The van der Waals surface area contributed by atoms with Crippen LogP contribution in [0.4, 0.5) is 0 Å². The molecule has 20 heavy (non-hydrogen) atoms. The van der Waals surface area contributed by atoms with Gasteiger partial charge >= 0.3 is 0 Å². The lowest BCUT2D eigenvalue weighted by Crippen LogP contribution is -2.40. The van der Waals surface area contributed by atoms with Crippen LogP contribution < -0.4 is 5.73 Å². The summed E-state index contributed by atoms with van der Waals surface area (Å²) < 4.78 is 0.776. The lowest BCUT2D eigenvalue weighted by Gasteiger charge is -2.30. The van der Waals surface area contributed by atoms with Crippen LogP contribution >= 0.6 is 35.3 Å². The van der Waals surface area contributed by atoms with E-state index in [0.29, 0.717) is 6.54 Å². The van der Waals surface area contributed by atoms with E-state index in [-0.39, 0.29) is 30.3 Å². The minimum Gasteiger partial charge on any atom is -0.338 e. The highest BCUT2D eigenvalue weighted by atomic mass is 35.5. The van der Waals surface area contributed by atoms with E-state index < -0.39 is 0 Å². The maximum absolute atomic E-state index is 12.5. The van der Waals surface area contributed by atoms with Crippen molar-refractivity contribution in [3.63, 3.8) is 0 Å². The number of nitrogens with two attached hydrogens (primary N) is 1. The molecule has 0 aromatic carbocycles. The number of thiophene rings is 1. The van der Waals surface area contributed by atoms with Crippen LogP contribution in [0.5, 0.6) is 0 Å². The summed E-state index contributed by atoms with van der Waals surface area (Å²) in [7, 11) is 0. The molecule has 2 N–H and O–H groups in total. The molecule has 0 bridgehead atoms. The maximum atomic E-state index is 12.5. The van der Waals surface area contributed by atoms with Gasteiger partial charge in [-0.25, -0.2) is 0 Å². The van der Waals surface area contributed by atoms with Crippen molar-refractivity contribution in [1.29, 1.82) is 0 Å². The second-order valence-corrected chi connectivity index (χ2v) is 6.98. The normalized spacial score (nSPS) is 22.1. The minimum absolute atomic E-state index is 0. The molecule has 1 amide bonds. The molecule has 0 saturated heterocycles. The number of rotatable bonds is 4. The third-order valence-corrected chi connectivity index (χ3v) is 4.95. The summed E-state index contributed by atoms with van der Waals surface area (Å²) in [5.74, 6) is 0.362. The molecule has 1 fully saturated rings. The van der Waals surface area contributed by atoms with Crippen molar-refractivity contribution in [2.24, 2.45) is 11.7 Å². The summed E-state index contributed by atoms with van der Waals surface area (Å²) in [6.45, 7) is 3.43. The molecule has 3 nitrogen and oxygen atoms in total. The molecule has 2 rings (SSSR count). The SMILES string of the molecule is CCN(Cc1ccc(Cl)s1)C(=O)C1CCCC(N)C1.Cl. The Morgan fingerprint density at radius 3 is 2.80 bits per heavy atom. The fourth-order valence-electron chi connectivity index (χ4n) is 2.68. The van der Waals surface area contributed by atoms with Crippen LogP contribution in [-0.4, -0.2) is 23.4 Å². The molecular formula is C14H22Cl2N2OS. The summed E-state index contributed by atoms with van der Waals surface area (Å²) in [6.07, 6.45) is 3.94. The molecule has 1 heterocycles. The van der Waals surface area contributed by atoms with E-state index in [1.165, 1.54) is 0 Å². The molecule has 1 saturated carbocycles.